The number of para-hydroxylation sites is 2. The van der Waals surface area contributed by atoms with Crippen LogP contribution in [0, 0.1) is 10.1 Å². The monoisotopic (exact) mass is 276 g/mol. The van der Waals surface area contributed by atoms with Crippen molar-refractivity contribution in [2.24, 2.45) is 5.73 Å². The molecule has 0 aliphatic rings. The van der Waals surface area contributed by atoms with Gasteiger partial charge in [-0.2, -0.15) is 0 Å². The van der Waals surface area contributed by atoms with Crippen LogP contribution in [0.1, 0.15) is 17.9 Å². The Hall–Kier alpha value is -2.34. The molecule has 20 heavy (non-hydrogen) atoms. The van der Waals surface area contributed by atoms with Crippen molar-refractivity contribution >= 4 is 5.69 Å². The van der Waals surface area contributed by atoms with Crippen molar-refractivity contribution in [3.05, 3.63) is 58.0 Å². The van der Waals surface area contributed by atoms with Crippen molar-refractivity contribution in [1.82, 2.24) is 0 Å². The van der Waals surface area contributed by atoms with Gasteiger partial charge >= 0.3 is 5.69 Å². The van der Waals surface area contributed by atoms with E-state index in [4.69, 9.17) is 14.9 Å². The third-order valence-corrected chi connectivity index (χ3v) is 2.78. The minimum atomic E-state index is -0.468. The third kappa shape index (κ3) is 3.58. The molecule has 0 saturated heterocycles. The lowest BCUT2D eigenvalue weighted by Gasteiger charge is -2.04. The SMILES string of the molecule is NCCCc1ccc(COc2ccccc2[N+](=O)[O-])o1. The normalized spacial score (nSPS) is 10.4. The standard InChI is InChI=1S/C14H16N2O4/c15-9-3-4-11-7-8-12(20-11)10-19-14-6-2-1-5-13(14)16(17)18/h1-2,5-8H,3-4,9-10,15H2. The van der Waals surface area contributed by atoms with E-state index in [9.17, 15) is 10.1 Å². The summed E-state index contributed by atoms with van der Waals surface area (Å²) >= 11 is 0. The highest BCUT2D eigenvalue weighted by atomic mass is 16.6. The quantitative estimate of drug-likeness (QED) is 0.620. The lowest BCUT2D eigenvalue weighted by Crippen LogP contribution is -1.99. The second-order valence-electron chi connectivity index (χ2n) is 4.27. The van der Waals surface area contributed by atoms with Gasteiger partial charge in [-0.25, -0.2) is 0 Å². The van der Waals surface area contributed by atoms with E-state index in [0.29, 0.717) is 12.3 Å². The van der Waals surface area contributed by atoms with E-state index in [0.717, 1.165) is 18.6 Å². The van der Waals surface area contributed by atoms with E-state index >= 15 is 0 Å². The van der Waals surface area contributed by atoms with Gasteiger partial charge < -0.3 is 14.9 Å². The Morgan fingerprint density at radius 1 is 1.20 bits per heavy atom. The molecule has 2 aromatic rings. The number of rotatable bonds is 7. The Labute approximate surface area is 116 Å². The minimum Gasteiger partial charge on any atom is -0.479 e. The van der Waals surface area contributed by atoms with E-state index in [2.05, 4.69) is 0 Å². The topological polar surface area (TPSA) is 91.5 Å². The van der Waals surface area contributed by atoms with Crippen LogP contribution < -0.4 is 10.5 Å². The molecule has 1 aromatic carbocycles. The lowest BCUT2D eigenvalue weighted by atomic mass is 10.2. The molecule has 6 heteroatoms. The molecule has 0 fully saturated rings. The van der Waals surface area contributed by atoms with Gasteiger partial charge in [0.05, 0.1) is 4.92 Å². The van der Waals surface area contributed by atoms with Gasteiger partial charge in [0.1, 0.15) is 18.1 Å². The summed E-state index contributed by atoms with van der Waals surface area (Å²) < 4.78 is 11.0. The number of furan rings is 1. The summed E-state index contributed by atoms with van der Waals surface area (Å²) in [7, 11) is 0. The molecule has 2 N–H and O–H groups in total. The second-order valence-corrected chi connectivity index (χ2v) is 4.27. The molecule has 2 rings (SSSR count). The zero-order valence-electron chi connectivity index (χ0n) is 11.0. The number of nitrogens with two attached hydrogens (primary N) is 1. The Kier molecular flexibility index (Phi) is 4.73. The maximum atomic E-state index is 10.8. The maximum absolute atomic E-state index is 10.8. The fourth-order valence-electron chi connectivity index (χ4n) is 1.79. The van der Waals surface area contributed by atoms with Gasteiger partial charge in [0, 0.05) is 12.5 Å². The van der Waals surface area contributed by atoms with Crippen LogP contribution in [-0.2, 0) is 13.0 Å². The van der Waals surface area contributed by atoms with Crippen LogP contribution in [0.5, 0.6) is 5.75 Å². The van der Waals surface area contributed by atoms with E-state index < -0.39 is 4.92 Å². The van der Waals surface area contributed by atoms with Gasteiger partial charge in [0.2, 0.25) is 0 Å². The highest BCUT2D eigenvalue weighted by Gasteiger charge is 2.14. The number of nitro benzene ring substituents is 1. The molecule has 1 aromatic heterocycles. The predicted octanol–water partition coefficient (Wildman–Crippen LogP) is 2.66. The molecule has 0 spiro atoms. The zero-order chi connectivity index (χ0) is 14.4. The van der Waals surface area contributed by atoms with Crippen LogP contribution in [0.15, 0.2) is 40.8 Å². The fraction of sp³-hybridized carbons (Fsp3) is 0.286. The fourth-order valence-corrected chi connectivity index (χ4v) is 1.79. The molecule has 0 radical (unpaired) electrons. The van der Waals surface area contributed by atoms with Crippen molar-refractivity contribution in [3.63, 3.8) is 0 Å². The Bertz CT molecular complexity index is 580. The summed E-state index contributed by atoms with van der Waals surface area (Å²) in [6.07, 6.45) is 1.64. The summed E-state index contributed by atoms with van der Waals surface area (Å²) in [5.41, 5.74) is 5.38. The molecule has 0 aliphatic carbocycles. The summed E-state index contributed by atoms with van der Waals surface area (Å²) in [6.45, 7) is 0.774. The molecular weight excluding hydrogens is 260 g/mol. The highest BCUT2D eigenvalue weighted by Crippen LogP contribution is 2.26. The maximum Gasteiger partial charge on any atom is 0.310 e. The predicted molar refractivity (Wildman–Crippen MR) is 73.5 cm³/mol. The van der Waals surface area contributed by atoms with E-state index in [1.165, 1.54) is 6.07 Å². The first-order chi connectivity index (χ1) is 9.70. The highest BCUT2D eigenvalue weighted by molar-refractivity contribution is 5.45. The van der Waals surface area contributed by atoms with E-state index in [1.807, 2.05) is 6.07 Å². The molecule has 0 amide bonds. The molecular formula is C14H16N2O4. The van der Waals surface area contributed by atoms with Crippen molar-refractivity contribution in [3.8, 4) is 5.75 Å². The molecule has 0 unspecified atom stereocenters. The first-order valence-corrected chi connectivity index (χ1v) is 6.34. The molecule has 0 bridgehead atoms. The number of nitro groups is 1. The number of benzene rings is 1. The third-order valence-electron chi connectivity index (χ3n) is 2.78. The average molecular weight is 276 g/mol. The van der Waals surface area contributed by atoms with Crippen LogP contribution in [-0.4, -0.2) is 11.5 Å². The Morgan fingerprint density at radius 2 is 1.95 bits per heavy atom. The largest absolute Gasteiger partial charge is 0.479 e. The van der Waals surface area contributed by atoms with Crippen LogP contribution in [0.2, 0.25) is 0 Å². The van der Waals surface area contributed by atoms with Crippen LogP contribution in [0.25, 0.3) is 0 Å². The summed E-state index contributed by atoms with van der Waals surface area (Å²) in [6, 6.07) is 9.94. The summed E-state index contributed by atoms with van der Waals surface area (Å²) in [5.74, 6) is 1.71. The minimum absolute atomic E-state index is 0.0533. The number of hydrogen-bond acceptors (Lipinski definition) is 5. The van der Waals surface area contributed by atoms with E-state index in [-0.39, 0.29) is 18.0 Å². The summed E-state index contributed by atoms with van der Waals surface area (Å²) in [4.78, 5) is 10.4. The van der Waals surface area contributed by atoms with Crippen molar-refractivity contribution in [2.45, 2.75) is 19.4 Å². The van der Waals surface area contributed by atoms with Gasteiger partial charge in [-0.3, -0.25) is 10.1 Å². The first kappa shape index (κ1) is 14.1. The van der Waals surface area contributed by atoms with Crippen LogP contribution in [0.4, 0.5) is 5.69 Å². The van der Waals surface area contributed by atoms with Crippen molar-refractivity contribution in [1.29, 1.82) is 0 Å². The van der Waals surface area contributed by atoms with Gasteiger partial charge in [0.25, 0.3) is 0 Å². The Morgan fingerprint density at radius 3 is 2.70 bits per heavy atom. The summed E-state index contributed by atoms with van der Waals surface area (Å²) in [5, 5.41) is 10.8. The molecule has 6 nitrogen and oxygen atoms in total. The second kappa shape index (κ2) is 6.72. The van der Waals surface area contributed by atoms with Crippen LogP contribution >= 0.6 is 0 Å². The molecule has 106 valence electrons. The molecule has 0 atom stereocenters. The first-order valence-electron chi connectivity index (χ1n) is 6.34. The van der Waals surface area contributed by atoms with Gasteiger partial charge in [0.15, 0.2) is 5.75 Å². The van der Waals surface area contributed by atoms with Crippen molar-refractivity contribution < 1.29 is 14.1 Å². The number of ether oxygens (including phenoxy) is 1. The number of hydrogen-bond donors (Lipinski definition) is 1. The Balaban J connectivity index is 1.98. The molecule has 1 heterocycles. The molecule has 0 saturated carbocycles. The average Bonchev–Trinajstić information content (AvgIpc) is 2.91. The molecule has 0 aliphatic heterocycles. The van der Waals surface area contributed by atoms with E-state index in [1.54, 1.807) is 24.3 Å². The van der Waals surface area contributed by atoms with Gasteiger partial charge in [-0.15, -0.1) is 0 Å². The van der Waals surface area contributed by atoms with Gasteiger partial charge in [-0.05, 0) is 31.2 Å². The van der Waals surface area contributed by atoms with Crippen molar-refractivity contribution in [2.75, 3.05) is 6.54 Å². The lowest BCUT2D eigenvalue weighted by molar-refractivity contribution is -0.386. The van der Waals surface area contributed by atoms with Gasteiger partial charge in [-0.1, -0.05) is 12.1 Å². The zero-order valence-corrected chi connectivity index (χ0v) is 11.0. The smallest absolute Gasteiger partial charge is 0.310 e. The number of nitrogens with zero attached hydrogens (tertiary/aromatic N) is 1. The number of aryl methyl sites for hydroxylation is 1. The van der Waals surface area contributed by atoms with Crippen LogP contribution in [0.3, 0.4) is 0 Å².